The highest BCUT2D eigenvalue weighted by Gasteiger charge is 2.32. The highest BCUT2D eigenvalue weighted by Crippen LogP contribution is 2.34. The molecule has 0 aromatic heterocycles. The first-order valence-electron chi connectivity index (χ1n) is 7.93. The summed E-state index contributed by atoms with van der Waals surface area (Å²) in [6.45, 7) is 0. The van der Waals surface area contributed by atoms with E-state index < -0.39 is 17.6 Å². The van der Waals surface area contributed by atoms with Crippen molar-refractivity contribution in [3.05, 3.63) is 57.6 Å². The molecule has 0 heterocycles. The van der Waals surface area contributed by atoms with Gasteiger partial charge in [0.05, 0.1) is 27.5 Å². The minimum absolute atomic E-state index is 0.00844. The summed E-state index contributed by atoms with van der Waals surface area (Å²) < 4.78 is 38.1. The molecule has 2 N–H and O–H groups in total. The molecule has 142 valence electrons. The van der Waals surface area contributed by atoms with Crippen molar-refractivity contribution in [3.8, 4) is 0 Å². The third-order valence-corrected chi connectivity index (χ3v) is 4.52. The highest BCUT2D eigenvalue weighted by molar-refractivity contribution is 6.34. The fraction of sp³-hybridized carbons (Fsp3) is 0.222. The van der Waals surface area contributed by atoms with Gasteiger partial charge >= 0.3 is 6.18 Å². The molecule has 1 fully saturated rings. The van der Waals surface area contributed by atoms with Gasteiger partial charge in [-0.15, -0.1) is 0 Å². The Balaban J connectivity index is 1.83. The molecule has 0 spiro atoms. The van der Waals surface area contributed by atoms with E-state index in [1.807, 2.05) is 0 Å². The number of anilines is 2. The summed E-state index contributed by atoms with van der Waals surface area (Å²) in [6.07, 6.45) is -2.95. The summed E-state index contributed by atoms with van der Waals surface area (Å²) in [5.74, 6) is -0.926. The summed E-state index contributed by atoms with van der Waals surface area (Å²) in [6, 6.07) is 6.98. The molecule has 4 nitrogen and oxygen atoms in total. The minimum Gasteiger partial charge on any atom is -0.325 e. The lowest BCUT2D eigenvalue weighted by atomic mass is 10.1. The van der Waals surface area contributed by atoms with Gasteiger partial charge in [0.25, 0.3) is 5.91 Å². The second-order valence-electron chi connectivity index (χ2n) is 6.10. The number of nitrogens with one attached hydrogen (secondary N) is 2. The Labute approximate surface area is 162 Å². The van der Waals surface area contributed by atoms with Gasteiger partial charge in [0.2, 0.25) is 5.91 Å². The van der Waals surface area contributed by atoms with Crippen molar-refractivity contribution in [2.24, 2.45) is 5.92 Å². The lowest BCUT2D eigenvalue weighted by Crippen LogP contribution is -2.19. The Kier molecular flexibility index (Phi) is 5.35. The Bertz CT molecular complexity index is 912. The predicted molar refractivity (Wildman–Crippen MR) is 97.2 cm³/mol. The molecule has 0 aliphatic heterocycles. The zero-order valence-electron chi connectivity index (χ0n) is 13.7. The monoisotopic (exact) mass is 416 g/mol. The summed E-state index contributed by atoms with van der Waals surface area (Å²) in [7, 11) is 0. The molecule has 9 heteroatoms. The van der Waals surface area contributed by atoms with E-state index >= 15 is 0 Å². The molecular weight excluding hydrogens is 404 g/mol. The van der Waals surface area contributed by atoms with Gasteiger partial charge in [-0.25, -0.2) is 0 Å². The van der Waals surface area contributed by atoms with E-state index in [1.165, 1.54) is 18.2 Å². The normalized spacial score (nSPS) is 14.0. The van der Waals surface area contributed by atoms with Gasteiger partial charge in [-0.1, -0.05) is 23.2 Å². The van der Waals surface area contributed by atoms with Crippen LogP contribution in [0.3, 0.4) is 0 Å². The van der Waals surface area contributed by atoms with E-state index in [9.17, 15) is 22.8 Å². The number of carbonyl (C=O) groups is 2. The first-order valence-corrected chi connectivity index (χ1v) is 8.69. The second-order valence-corrected chi connectivity index (χ2v) is 6.94. The highest BCUT2D eigenvalue weighted by atomic mass is 35.5. The maximum atomic E-state index is 12.7. The Morgan fingerprint density at radius 1 is 0.963 bits per heavy atom. The molecule has 2 amide bonds. The fourth-order valence-corrected chi connectivity index (χ4v) is 2.78. The van der Waals surface area contributed by atoms with Crippen molar-refractivity contribution in [2.45, 2.75) is 19.0 Å². The molecule has 0 radical (unpaired) electrons. The molecule has 1 saturated carbocycles. The molecule has 2 aromatic carbocycles. The Morgan fingerprint density at radius 3 is 2.22 bits per heavy atom. The maximum Gasteiger partial charge on any atom is 0.416 e. The molecule has 27 heavy (non-hydrogen) atoms. The third-order valence-electron chi connectivity index (χ3n) is 3.98. The van der Waals surface area contributed by atoms with Crippen LogP contribution < -0.4 is 10.6 Å². The van der Waals surface area contributed by atoms with E-state index in [0.29, 0.717) is 0 Å². The molecule has 1 aliphatic carbocycles. The van der Waals surface area contributed by atoms with Crippen molar-refractivity contribution in [3.63, 3.8) is 0 Å². The van der Waals surface area contributed by atoms with E-state index in [0.717, 1.165) is 31.0 Å². The van der Waals surface area contributed by atoms with Gasteiger partial charge in [0.15, 0.2) is 0 Å². The summed E-state index contributed by atoms with van der Waals surface area (Å²) >= 11 is 11.8. The SMILES string of the molecule is O=C(Nc1ccc(C(F)(F)F)cc1Cl)c1cc(Cl)ccc1NC(=O)C1CC1. The molecule has 0 unspecified atom stereocenters. The quantitative estimate of drug-likeness (QED) is 0.679. The van der Waals surface area contributed by atoms with Crippen molar-refractivity contribution < 1.29 is 22.8 Å². The third kappa shape index (κ3) is 4.73. The number of amides is 2. The largest absolute Gasteiger partial charge is 0.416 e. The van der Waals surface area contributed by atoms with Gasteiger partial charge in [-0.05, 0) is 49.2 Å². The topological polar surface area (TPSA) is 58.2 Å². The van der Waals surface area contributed by atoms with Crippen LogP contribution in [0.1, 0.15) is 28.8 Å². The van der Waals surface area contributed by atoms with Gasteiger partial charge in [-0.3, -0.25) is 9.59 Å². The average Bonchev–Trinajstić information content (AvgIpc) is 3.42. The number of hydrogen-bond donors (Lipinski definition) is 2. The minimum atomic E-state index is -4.54. The molecule has 0 atom stereocenters. The lowest BCUT2D eigenvalue weighted by molar-refractivity contribution is -0.137. The Hall–Kier alpha value is -2.25. The number of alkyl halides is 3. The van der Waals surface area contributed by atoms with Gasteiger partial charge in [-0.2, -0.15) is 13.2 Å². The van der Waals surface area contributed by atoms with Crippen LogP contribution in [0.15, 0.2) is 36.4 Å². The van der Waals surface area contributed by atoms with E-state index in [4.69, 9.17) is 23.2 Å². The first kappa shape index (κ1) is 19.5. The van der Waals surface area contributed by atoms with Crippen LogP contribution in [-0.4, -0.2) is 11.8 Å². The van der Waals surface area contributed by atoms with E-state index in [-0.39, 0.29) is 38.8 Å². The van der Waals surface area contributed by atoms with Crippen LogP contribution in [0.25, 0.3) is 0 Å². The number of halogens is 5. The number of rotatable bonds is 4. The molecule has 1 aliphatic rings. The van der Waals surface area contributed by atoms with Crippen LogP contribution in [0, 0.1) is 5.92 Å². The zero-order chi connectivity index (χ0) is 19.8. The average molecular weight is 417 g/mol. The van der Waals surface area contributed by atoms with E-state index in [1.54, 1.807) is 0 Å². The van der Waals surface area contributed by atoms with Crippen LogP contribution >= 0.6 is 23.2 Å². The van der Waals surface area contributed by atoms with Crippen LogP contribution in [-0.2, 0) is 11.0 Å². The zero-order valence-corrected chi connectivity index (χ0v) is 15.2. The molecule has 2 aromatic rings. The van der Waals surface area contributed by atoms with Crippen molar-refractivity contribution in [1.29, 1.82) is 0 Å². The van der Waals surface area contributed by atoms with Crippen LogP contribution in [0.2, 0.25) is 10.0 Å². The molecule has 0 bridgehead atoms. The van der Waals surface area contributed by atoms with Crippen LogP contribution in [0.4, 0.5) is 24.5 Å². The summed E-state index contributed by atoms with van der Waals surface area (Å²) in [4.78, 5) is 24.6. The van der Waals surface area contributed by atoms with E-state index in [2.05, 4.69) is 10.6 Å². The second kappa shape index (κ2) is 7.40. The molecule has 0 saturated heterocycles. The first-order chi connectivity index (χ1) is 12.6. The maximum absolute atomic E-state index is 12.7. The number of hydrogen-bond acceptors (Lipinski definition) is 2. The van der Waals surface area contributed by atoms with Crippen molar-refractivity contribution in [2.75, 3.05) is 10.6 Å². The molecular formula is C18H13Cl2F3N2O2. The van der Waals surface area contributed by atoms with Gasteiger partial charge < -0.3 is 10.6 Å². The van der Waals surface area contributed by atoms with Crippen molar-refractivity contribution >= 4 is 46.4 Å². The Morgan fingerprint density at radius 2 is 1.63 bits per heavy atom. The number of benzene rings is 2. The van der Waals surface area contributed by atoms with Gasteiger partial charge in [0.1, 0.15) is 0 Å². The summed E-state index contributed by atoms with van der Waals surface area (Å²) in [5, 5.41) is 5.12. The smallest absolute Gasteiger partial charge is 0.325 e. The summed E-state index contributed by atoms with van der Waals surface area (Å²) in [5.41, 5.74) is -0.580. The van der Waals surface area contributed by atoms with Crippen molar-refractivity contribution in [1.82, 2.24) is 0 Å². The fourth-order valence-electron chi connectivity index (χ4n) is 2.38. The van der Waals surface area contributed by atoms with Crippen LogP contribution in [0.5, 0.6) is 0 Å². The predicted octanol–water partition coefficient (Wildman–Crippen LogP) is 5.61. The number of carbonyl (C=O) groups excluding carboxylic acids is 2. The lowest BCUT2D eigenvalue weighted by Gasteiger charge is -2.14. The standard InChI is InChI=1S/C18H13Cl2F3N2O2/c19-11-4-6-14(24-16(26)9-1-2-9)12(8-11)17(27)25-15-5-3-10(7-13(15)20)18(21,22)23/h3-9H,1-2H2,(H,24,26)(H,25,27). The molecule has 3 rings (SSSR count). The van der Waals surface area contributed by atoms with Gasteiger partial charge in [0, 0.05) is 10.9 Å².